The zero-order chi connectivity index (χ0) is 19.1. The first-order valence-corrected chi connectivity index (χ1v) is 9.69. The fourth-order valence-corrected chi connectivity index (χ4v) is 3.80. The number of aryl methyl sites for hydroxylation is 2. The highest BCUT2D eigenvalue weighted by atomic mass is 32.1. The number of hydrogen-bond acceptors (Lipinski definition) is 7. The monoisotopic (exact) mass is 380 g/mol. The van der Waals surface area contributed by atoms with Gasteiger partial charge in [0.25, 0.3) is 0 Å². The topological polar surface area (TPSA) is 94.4 Å². The van der Waals surface area contributed by atoms with Crippen LogP contribution in [-0.4, -0.2) is 21.6 Å². The molecule has 27 heavy (non-hydrogen) atoms. The van der Waals surface area contributed by atoms with Crippen LogP contribution < -0.4 is 5.73 Å². The number of anilines is 1. The van der Waals surface area contributed by atoms with Crippen molar-refractivity contribution in [2.75, 3.05) is 5.73 Å². The van der Waals surface area contributed by atoms with E-state index in [1.807, 2.05) is 32.9 Å². The molecule has 2 heterocycles. The summed E-state index contributed by atoms with van der Waals surface area (Å²) in [4.78, 5) is 22.0. The van der Waals surface area contributed by atoms with Gasteiger partial charge in [-0.3, -0.25) is 9.79 Å². The van der Waals surface area contributed by atoms with Gasteiger partial charge in [0.1, 0.15) is 5.76 Å². The molecule has 0 radical (unpaired) electrons. The number of ketones is 1. The summed E-state index contributed by atoms with van der Waals surface area (Å²) >= 11 is 1.31. The molecule has 7 heteroatoms. The molecule has 2 N–H and O–H groups in total. The number of thiazole rings is 1. The second-order valence-electron chi connectivity index (χ2n) is 6.85. The Hall–Kier alpha value is -2.80. The zero-order valence-corrected chi connectivity index (χ0v) is 16.3. The van der Waals surface area contributed by atoms with Gasteiger partial charge in [-0.2, -0.15) is 0 Å². The fraction of sp³-hybridized carbons (Fsp3) is 0.300. The molecule has 1 saturated carbocycles. The van der Waals surface area contributed by atoms with E-state index in [0.29, 0.717) is 33.6 Å². The Balaban J connectivity index is 1.91. The molecule has 1 aliphatic carbocycles. The molecule has 1 aliphatic rings. The third-order valence-electron chi connectivity index (χ3n) is 4.79. The second kappa shape index (κ2) is 6.74. The molecular formula is C20H20N4O2S. The van der Waals surface area contributed by atoms with Gasteiger partial charge in [0.2, 0.25) is 5.78 Å². The Kier molecular flexibility index (Phi) is 4.39. The largest absolute Gasteiger partial charge is 0.397 e. The predicted molar refractivity (Wildman–Crippen MR) is 107 cm³/mol. The minimum atomic E-state index is -0.173. The lowest BCUT2D eigenvalue weighted by Gasteiger charge is -2.12. The van der Waals surface area contributed by atoms with Gasteiger partial charge in [-0.25, -0.2) is 4.98 Å². The highest BCUT2D eigenvalue weighted by Gasteiger charge is 2.26. The first kappa shape index (κ1) is 17.6. The lowest BCUT2D eigenvalue weighted by atomic mass is 9.97. The van der Waals surface area contributed by atoms with Gasteiger partial charge in [-0.15, -0.1) is 11.3 Å². The number of aromatic nitrogens is 2. The van der Waals surface area contributed by atoms with Crippen molar-refractivity contribution in [2.24, 2.45) is 10.9 Å². The maximum atomic E-state index is 13.1. The lowest BCUT2D eigenvalue weighted by Crippen LogP contribution is -2.05. The molecule has 4 rings (SSSR count). The molecule has 0 unspecified atom stereocenters. The summed E-state index contributed by atoms with van der Waals surface area (Å²) in [5.41, 5.74) is 11.2. The average Bonchev–Trinajstić information content (AvgIpc) is 3.25. The summed E-state index contributed by atoms with van der Waals surface area (Å²) in [6.45, 7) is 5.71. The molecule has 0 aliphatic heterocycles. The highest BCUT2D eigenvalue weighted by molar-refractivity contribution is 7.11. The van der Waals surface area contributed by atoms with E-state index in [1.165, 1.54) is 11.3 Å². The predicted octanol–water partition coefficient (Wildman–Crippen LogP) is 4.73. The summed E-state index contributed by atoms with van der Waals surface area (Å²) in [6, 6.07) is 3.66. The number of benzene rings is 1. The summed E-state index contributed by atoms with van der Waals surface area (Å²) in [6.07, 6.45) is 3.90. The van der Waals surface area contributed by atoms with E-state index in [2.05, 4.69) is 10.1 Å². The Morgan fingerprint density at radius 1 is 1.33 bits per heavy atom. The van der Waals surface area contributed by atoms with E-state index >= 15 is 0 Å². The third-order valence-corrected chi connectivity index (χ3v) is 5.56. The number of carbonyl (C=O) groups is 1. The summed E-state index contributed by atoms with van der Waals surface area (Å²) in [5.74, 6) is 1.01. The van der Waals surface area contributed by atoms with E-state index in [1.54, 1.807) is 11.6 Å². The van der Waals surface area contributed by atoms with Crippen LogP contribution >= 0.6 is 11.3 Å². The summed E-state index contributed by atoms with van der Waals surface area (Å²) < 4.78 is 5.28. The van der Waals surface area contributed by atoms with E-state index in [-0.39, 0.29) is 5.78 Å². The van der Waals surface area contributed by atoms with Crippen molar-refractivity contribution in [1.29, 1.82) is 0 Å². The number of carbonyl (C=O) groups excluding carboxylic acids is 1. The molecule has 0 atom stereocenters. The van der Waals surface area contributed by atoms with E-state index in [0.717, 1.165) is 35.4 Å². The molecule has 0 amide bonds. The van der Waals surface area contributed by atoms with Crippen molar-refractivity contribution in [1.82, 2.24) is 10.1 Å². The normalized spacial score (nSPS) is 14.6. The van der Waals surface area contributed by atoms with Crippen LogP contribution in [0.15, 0.2) is 33.2 Å². The van der Waals surface area contributed by atoms with Crippen LogP contribution in [0.2, 0.25) is 0 Å². The first-order valence-electron chi connectivity index (χ1n) is 8.82. The Morgan fingerprint density at radius 2 is 2.11 bits per heavy atom. The Bertz CT molecular complexity index is 1030. The second-order valence-corrected chi connectivity index (χ2v) is 7.75. The van der Waals surface area contributed by atoms with Gasteiger partial charge in [0, 0.05) is 22.9 Å². The van der Waals surface area contributed by atoms with E-state index in [4.69, 9.17) is 15.2 Å². The molecule has 0 spiro atoms. The standard InChI is InChI=1S/C20H20N4O2S/c1-10(13-4-5-13)23-18-15(19(25)20-22-6-7-27-20)8-14(9-16(18)21)17-11(2)24-26-12(17)3/h6-9,13H,4-5,21H2,1-3H3. The van der Waals surface area contributed by atoms with Gasteiger partial charge in [-0.1, -0.05) is 5.16 Å². The van der Waals surface area contributed by atoms with Gasteiger partial charge in [0.15, 0.2) is 5.01 Å². The molecule has 2 aromatic heterocycles. The van der Waals surface area contributed by atoms with Crippen molar-refractivity contribution in [3.63, 3.8) is 0 Å². The lowest BCUT2D eigenvalue weighted by molar-refractivity contribution is 0.103. The number of nitrogen functional groups attached to an aromatic ring is 1. The molecule has 3 aromatic rings. The quantitative estimate of drug-likeness (QED) is 0.392. The van der Waals surface area contributed by atoms with Crippen LogP contribution in [0.3, 0.4) is 0 Å². The minimum Gasteiger partial charge on any atom is -0.397 e. The average molecular weight is 380 g/mol. The van der Waals surface area contributed by atoms with Gasteiger partial charge in [-0.05, 0) is 57.2 Å². The van der Waals surface area contributed by atoms with Crippen molar-refractivity contribution in [3.8, 4) is 11.1 Å². The van der Waals surface area contributed by atoms with Gasteiger partial charge >= 0.3 is 0 Å². The van der Waals surface area contributed by atoms with Crippen molar-refractivity contribution < 1.29 is 9.32 Å². The molecule has 138 valence electrons. The molecule has 6 nitrogen and oxygen atoms in total. The van der Waals surface area contributed by atoms with Crippen LogP contribution in [0.25, 0.3) is 11.1 Å². The maximum Gasteiger partial charge on any atom is 0.223 e. The zero-order valence-electron chi connectivity index (χ0n) is 15.4. The SMILES string of the molecule is CC(=Nc1c(N)cc(-c2c(C)noc2C)cc1C(=O)c1nccs1)C1CC1. The first-order chi connectivity index (χ1) is 13.0. The van der Waals surface area contributed by atoms with E-state index < -0.39 is 0 Å². The number of nitrogens with zero attached hydrogens (tertiary/aromatic N) is 3. The number of nitrogens with two attached hydrogens (primary N) is 1. The van der Waals surface area contributed by atoms with Gasteiger partial charge < -0.3 is 10.3 Å². The number of hydrogen-bond donors (Lipinski definition) is 1. The number of rotatable bonds is 5. The van der Waals surface area contributed by atoms with Crippen molar-refractivity contribution in [3.05, 3.63) is 45.7 Å². The highest BCUT2D eigenvalue weighted by Crippen LogP contribution is 2.39. The number of aliphatic imine (C=N–C) groups is 1. The molecular weight excluding hydrogens is 360 g/mol. The molecule has 0 bridgehead atoms. The van der Waals surface area contributed by atoms with Crippen LogP contribution in [-0.2, 0) is 0 Å². The fourth-order valence-electron chi connectivity index (χ4n) is 3.21. The maximum absolute atomic E-state index is 13.1. The Morgan fingerprint density at radius 3 is 2.70 bits per heavy atom. The third kappa shape index (κ3) is 3.30. The van der Waals surface area contributed by atoms with E-state index in [9.17, 15) is 4.79 Å². The van der Waals surface area contributed by atoms with Crippen LogP contribution in [0.4, 0.5) is 11.4 Å². The van der Waals surface area contributed by atoms with Gasteiger partial charge in [0.05, 0.1) is 22.6 Å². The summed E-state index contributed by atoms with van der Waals surface area (Å²) in [5, 5.41) is 6.22. The van der Waals surface area contributed by atoms with Crippen LogP contribution in [0.5, 0.6) is 0 Å². The van der Waals surface area contributed by atoms with Crippen molar-refractivity contribution >= 4 is 34.2 Å². The summed E-state index contributed by atoms with van der Waals surface area (Å²) in [7, 11) is 0. The molecule has 0 saturated heterocycles. The minimum absolute atomic E-state index is 0.173. The van der Waals surface area contributed by atoms with Crippen molar-refractivity contribution in [2.45, 2.75) is 33.6 Å². The van der Waals surface area contributed by atoms with Crippen LogP contribution in [0.1, 0.15) is 46.6 Å². The molecule has 1 fully saturated rings. The smallest absolute Gasteiger partial charge is 0.223 e. The van der Waals surface area contributed by atoms with Crippen LogP contribution in [0, 0.1) is 19.8 Å². The molecule has 1 aromatic carbocycles. The Labute approximate surface area is 161 Å².